The molecule has 1 aromatic heterocycles. The van der Waals surface area contributed by atoms with Crippen LogP contribution < -0.4 is 14.4 Å². The first-order chi connectivity index (χ1) is 17.8. The van der Waals surface area contributed by atoms with E-state index in [0.29, 0.717) is 6.54 Å². The Morgan fingerprint density at radius 3 is 2.70 bits per heavy atom. The Hall–Kier alpha value is -3.33. The van der Waals surface area contributed by atoms with Crippen molar-refractivity contribution in [3.8, 4) is 0 Å². The molecule has 1 aliphatic rings. The number of thiazole rings is 1. The number of aromatic nitrogens is 1. The van der Waals surface area contributed by atoms with Crippen LogP contribution in [0.3, 0.4) is 0 Å². The Kier molecular flexibility index (Phi) is 6.98. The Morgan fingerprint density at radius 1 is 1.19 bits per heavy atom. The maximum Gasteiger partial charge on any atom is 0.328 e. The molecule has 5 rings (SSSR count). The first kappa shape index (κ1) is 25.3. The van der Waals surface area contributed by atoms with Crippen molar-refractivity contribution < 1.29 is 19.6 Å². The molecular formula is C29H30N3O3S2+. The number of likely N-dealkylation sites (N-methyl/N-ethyl adjacent to an activating group) is 1. The van der Waals surface area contributed by atoms with Gasteiger partial charge >= 0.3 is 5.97 Å². The number of aliphatic hydroxyl groups is 1. The zero-order chi connectivity index (χ0) is 26.3. The lowest BCUT2D eigenvalue weighted by molar-refractivity contribution is -0.641. The molecule has 1 aliphatic heterocycles. The van der Waals surface area contributed by atoms with E-state index >= 15 is 0 Å². The molecule has 3 aromatic carbocycles. The number of carboxylic acid groups (broad SMARTS) is 1. The number of carbonyl (C=O) groups is 1. The zero-order valence-corrected chi connectivity index (χ0v) is 22.9. The summed E-state index contributed by atoms with van der Waals surface area (Å²) in [4.78, 5) is 16.6. The molecule has 0 amide bonds. The molecule has 1 atom stereocenters. The summed E-state index contributed by atoms with van der Waals surface area (Å²) in [5, 5.41) is 24.0. The van der Waals surface area contributed by atoms with Gasteiger partial charge in [0.25, 0.3) is 5.01 Å². The van der Waals surface area contributed by atoms with Crippen molar-refractivity contribution in [1.29, 1.82) is 0 Å². The van der Waals surface area contributed by atoms with Gasteiger partial charge in [0.15, 0.2) is 6.04 Å². The number of thioether (sulfide) groups is 1. The number of aliphatic hydroxyl groups excluding tert-OH is 1. The molecule has 2 N–H and O–H groups in total. The highest BCUT2D eigenvalue weighted by molar-refractivity contribution is 8.03. The van der Waals surface area contributed by atoms with Crippen LogP contribution in [0.5, 0.6) is 0 Å². The van der Waals surface area contributed by atoms with Gasteiger partial charge in [-0.3, -0.25) is 0 Å². The molecule has 37 heavy (non-hydrogen) atoms. The Labute approximate surface area is 224 Å². The molecule has 0 radical (unpaired) electrons. The van der Waals surface area contributed by atoms with E-state index in [2.05, 4.69) is 72.0 Å². The van der Waals surface area contributed by atoms with Gasteiger partial charge in [0, 0.05) is 30.3 Å². The fourth-order valence-corrected chi connectivity index (χ4v) is 7.18. The van der Waals surface area contributed by atoms with E-state index in [9.17, 15) is 15.0 Å². The van der Waals surface area contributed by atoms with Crippen LogP contribution in [0.2, 0.25) is 0 Å². The van der Waals surface area contributed by atoms with Crippen LogP contribution in [0.25, 0.3) is 27.1 Å². The van der Waals surface area contributed by atoms with Gasteiger partial charge in [-0.25, -0.2) is 4.79 Å². The number of fused-ring (bicyclic) bond motifs is 4. The van der Waals surface area contributed by atoms with Crippen LogP contribution in [0.1, 0.15) is 18.9 Å². The van der Waals surface area contributed by atoms with Gasteiger partial charge in [-0.2, -0.15) is 4.57 Å². The molecular weight excluding hydrogens is 502 g/mol. The van der Waals surface area contributed by atoms with E-state index in [-0.39, 0.29) is 0 Å². The third-order valence-corrected chi connectivity index (χ3v) is 9.12. The number of hydrogen-bond donors (Lipinski definition) is 2. The van der Waals surface area contributed by atoms with E-state index in [0.717, 1.165) is 26.9 Å². The lowest BCUT2D eigenvalue weighted by Crippen LogP contribution is -2.44. The Morgan fingerprint density at radius 2 is 1.97 bits per heavy atom. The molecule has 1 unspecified atom stereocenters. The summed E-state index contributed by atoms with van der Waals surface area (Å²) < 4.78 is 3.54. The predicted molar refractivity (Wildman–Crippen MR) is 154 cm³/mol. The summed E-state index contributed by atoms with van der Waals surface area (Å²) in [6.45, 7) is 4.06. The number of carboxylic acids is 1. The summed E-state index contributed by atoms with van der Waals surface area (Å²) in [5.41, 5.74) is 4.22. The average molecular weight is 533 g/mol. The number of anilines is 2. The first-order valence-electron chi connectivity index (χ1n) is 12.2. The summed E-state index contributed by atoms with van der Waals surface area (Å²) in [5.74, 6) is -1.03. The maximum atomic E-state index is 11.6. The normalized spacial score (nSPS) is 15.5. The van der Waals surface area contributed by atoms with Crippen molar-refractivity contribution in [2.45, 2.75) is 24.8 Å². The van der Waals surface area contributed by atoms with Gasteiger partial charge in [-0.15, -0.1) is 0 Å². The van der Waals surface area contributed by atoms with Crippen LogP contribution >= 0.6 is 23.1 Å². The van der Waals surface area contributed by atoms with Crippen molar-refractivity contribution in [2.24, 2.45) is 7.05 Å². The number of nitrogens with zero attached hydrogens (tertiary/aromatic N) is 3. The van der Waals surface area contributed by atoms with Crippen molar-refractivity contribution in [3.05, 3.63) is 76.3 Å². The topological polar surface area (TPSA) is 67.9 Å². The van der Waals surface area contributed by atoms with Gasteiger partial charge in [-0.1, -0.05) is 47.4 Å². The van der Waals surface area contributed by atoms with E-state index in [1.165, 1.54) is 26.0 Å². The second-order valence-corrected chi connectivity index (χ2v) is 11.3. The van der Waals surface area contributed by atoms with E-state index in [1.807, 2.05) is 32.2 Å². The van der Waals surface area contributed by atoms with Crippen LogP contribution in [0.15, 0.2) is 76.2 Å². The van der Waals surface area contributed by atoms with Crippen molar-refractivity contribution in [3.63, 3.8) is 0 Å². The molecule has 0 bridgehead atoms. The van der Waals surface area contributed by atoms with Crippen LogP contribution in [-0.4, -0.2) is 42.4 Å². The summed E-state index contributed by atoms with van der Waals surface area (Å²) in [6.07, 6.45) is 4.42. The third kappa shape index (κ3) is 4.61. The third-order valence-electron chi connectivity index (χ3n) is 6.80. The Bertz CT molecular complexity index is 1570. The first-order valence-corrected chi connectivity index (χ1v) is 13.8. The average Bonchev–Trinajstić information content (AvgIpc) is 3.37. The molecule has 4 aromatic rings. The Balaban J connectivity index is 1.45. The van der Waals surface area contributed by atoms with Gasteiger partial charge < -0.3 is 20.0 Å². The monoisotopic (exact) mass is 532 g/mol. The molecule has 6 nitrogen and oxygen atoms in total. The SMILES string of the molecule is CCN(c1ccc2c(c1)N(C)/C(=C/C(C)=C/c1sc3ccc4ccccc4c3[n+]1C)S2)C(CO)C(=O)O. The van der Waals surface area contributed by atoms with Gasteiger partial charge in [0.05, 0.1) is 22.7 Å². The summed E-state index contributed by atoms with van der Waals surface area (Å²) in [6, 6.07) is 17.9. The smallest absolute Gasteiger partial charge is 0.328 e. The number of allylic oxidation sites excluding steroid dienone is 2. The van der Waals surface area contributed by atoms with E-state index in [1.54, 1.807) is 28.0 Å². The fraction of sp³-hybridized carbons (Fsp3) is 0.241. The lowest BCUT2D eigenvalue weighted by atomic mass is 10.1. The van der Waals surface area contributed by atoms with Gasteiger partial charge in [-0.05, 0) is 61.2 Å². The molecule has 2 heterocycles. The van der Waals surface area contributed by atoms with Crippen LogP contribution in [0.4, 0.5) is 11.4 Å². The highest BCUT2D eigenvalue weighted by Crippen LogP contribution is 2.47. The molecule has 190 valence electrons. The number of benzene rings is 3. The molecule has 0 saturated carbocycles. The van der Waals surface area contributed by atoms with Crippen molar-refractivity contribution in [2.75, 3.05) is 30.0 Å². The lowest BCUT2D eigenvalue weighted by Gasteiger charge is -2.29. The van der Waals surface area contributed by atoms with Crippen LogP contribution in [-0.2, 0) is 11.8 Å². The largest absolute Gasteiger partial charge is 0.480 e. The minimum Gasteiger partial charge on any atom is -0.480 e. The van der Waals surface area contributed by atoms with Crippen molar-refractivity contribution >= 4 is 67.5 Å². The highest BCUT2D eigenvalue weighted by Gasteiger charge is 2.28. The number of hydrogen-bond acceptors (Lipinski definition) is 6. The van der Waals surface area contributed by atoms with Gasteiger partial charge in [0.2, 0.25) is 5.52 Å². The number of aliphatic carboxylic acids is 1. The molecule has 0 fully saturated rings. The second kappa shape index (κ2) is 10.2. The maximum absolute atomic E-state index is 11.6. The minimum atomic E-state index is -1.03. The van der Waals surface area contributed by atoms with E-state index in [4.69, 9.17) is 0 Å². The number of rotatable bonds is 7. The second-order valence-electron chi connectivity index (χ2n) is 9.14. The van der Waals surface area contributed by atoms with E-state index < -0.39 is 18.6 Å². The molecule has 0 saturated heterocycles. The minimum absolute atomic E-state index is 0.440. The van der Waals surface area contributed by atoms with Gasteiger partial charge in [0.1, 0.15) is 11.7 Å². The quantitative estimate of drug-likeness (QED) is 0.301. The highest BCUT2D eigenvalue weighted by atomic mass is 32.2. The van der Waals surface area contributed by atoms with Crippen LogP contribution in [0, 0.1) is 0 Å². The standard InChI is InChI=1S/C29H29N3O3S2/c1-5-32(23(17-33)29(34)35)20-11-13-24-22(16-20)30(3)26(36-24)14-18(2)15-27-31(4)28-21-9-7-6-8-19(21)10-12-25(28)37-27/h6-16,23,33H,5,17H2,1-4H3/p+1. The molecule has 8 heteroatoms. The van der Waals surface area contributed by atoms with Crippen molar-refractivity contribution in [1.82, 2.24) is 0 Å². The molecule has 0 aliphatic carbocycles. The predicted octanol–water partition coefficient (Wildman–Crippen LogP) is 5.64. The summed E-state index contributed by atoms with van der Waals surface area (Å²) in [7, 11) is 4.16. The molecule has 0 spiro atoms. The zero-order valence-electron chi connectivity index (χ0n) is 21.3. The number of aryl methyl sites for hydroxylation is 1. The fourth-order valence-electron chi connectivity index (χ4n) is 4.86. The summed E-state index contributed by atoms with van der Waals surface area (Å²) >= 11 is 3.49.